The van der Waals surface area contributed by atoms with Gasteiger partial charge in [-0.3, -0.25) is 9.59 Å². The highest BCUT2D eigenvalue weighted by atomic mass is 35.5. The first kappa shape index (κ1) is 17.2. The molecule has 0 bridgehead atoms. The van der Waals surface area contributed by atoms with E-state index in [9.17, 15) is 9.59 Å². The molecule has 2 saturated heterocycles. The fourth-order valence-corrected chi connectivity index (χ4v) is 3.37. The maximum atomic E-state index is 12.7. The minimum absolute atomic E-state index is 0. The Balaban J connectivity index is 0.00000200. The maximum Gasteiger partial charge on any atom is 0.245 e. The number of carbonyl (C=O) groups is 2. The van der Waals surface area contributed by atoms with E-state index in [0.717, 1.165) is 38.6 Å². The molecular weight excluding hydrogens is 278 g/mol. The molecule has 6 heteroatoms. The van der Waals surface area contributed by atoms with Gasteiger partial charge in [-0.2, -0.15) is 0 Å². The number of rotatable bonds is 2. The highest BCUT2D eigenvalue weighted by Gasteiger charge is 2.38. The lowest BCUT2D eigenvalue weighted by atomic mass is 9.96. The quantitative estimate of drug-likeness (QED) is 0.832. The molecular formula is C14H26ClN3O2. The van der Waals surface area contributed by atoms with Crippen LogP contribution in [-0.4, -0.2) is 52.8 Å². The molecule has 2 rings (SSSR count). The summed E-state index contributed by atoms with van der Waals surface area (Å²) >= 11 is 0. The molecule has 2 fully saturated rings. The molecule has 116 valence electrons. The largest absolute Gasteiger partial charge is 0.336 e. The van der Waals surface area contributed by atoms with Crippen LogP contribution in [0.25, 0.3) is 0 Å². The Morgan fingerprint density at radius 3 is 2.35 bits per heavy atom. The number of likely N-dealkylation sites (tertiary alicyclic amines) is 2. The predicted octanol–water partition coefficient (Wildman–Crippen LogP) is 1.15. The summed E-state index contributed by atoms with van der Waals surface area (Å²) in [5.41, 5.74) is 6.01. The van der Waals surface area contributed by atoms with Gasteiger partial charge < -0.3 is 15.5 Å². The van der Waals surface area contributed by atoms with Crippen LogP contribution >= 0.6 is 12.4 Å². The molecule has 0 aromatic rings. The molecule has 3 atom stereocenters. The van der Waals surface area contributed by atoms with Crippen molar-refractivity contribution in [1.82, 2.24) is 9.80 Å². The molecule has 0 aliphatic carbocycles. The van der Waals surface area contributed by atoms with Gasteiger partial charge in [0.15, 0.2) is 0 Å². The first-order valence-electron chi connectivity index (χ1n) is 7.35. The number of halogens is 1. The van der Waals surface area contributed by atoms with Crippen molar-refractivity contribution in [3.05, 3.63) is 0 Å². The second-order valence-corrected chi connectivity index (χ2v) is 5.82. The molecule has 0 aromatic heterocycles. The minimum Gasteiger partial charge on any atom is -0.336 e. The lowest BCUT2D eigenvalue weighted by molar-refractivity contribution is -0.145. The summed E-state index contributed by atoms with van der Waals surface area (Å²) in [6.07, 6.45) is 4.88. The number of amides is 2. The van der Waals surface area contributed by atoms with Gasteiger partial charge in [-0.25, -0.2) is 0 Å². The smallest absolute Gasteiger partial charge is 0.245 e. The zero-order valence-corrected chi connectivity index (χ0v) is 13.2. The maximum absolute atomic E-state index is 12.7. The lowest BCUT2D eigenvalue weighted by Gasteiger charge is -2.40. The van der Waals surface area contributed by atoms with Crippen molar-refractivity contribution in [3.63, 3.8) is 0 Å². The molecule has 2 aliphatic rings. The Labute approximate surface area is 127 Å². The number of hydrogen-bond donors (Lipinski definition) is 1. The van der Waals surface area contributed by atoms with Crippen molar-refractivity contribution in [3.8, 4) is 0 Å². The van der Waals surface area contributed by atoms with Crippen molar-refractivity contribution in [2.45, 2.75) is 64.1 Å². The van der Waals surface area contributed by atoms with Crippen LogP contribution in [0.1, 0.15) is 46.0 Å². The van der Waals surface area contributed by atoms with E-state index in [0.29, 0.717) is 6.54 Å². The van der Waals surface area contributed by atoms with Gasteiger partial charge in [-0.1, -0.05) is 0 Å². The molecule has 20 heavy (non-hydrogen) atoms. The molecule has 0 radical (unpaired) electrons. The molecule has 2 N–H and O–H groups in total. The van der Waals surface area contributed by atoms with E-state index in [1.54, 1.807) is 11.8 Å². The fraction of sp³-hybridized carbons (Fsp3) is 0.857. The van der Waals surface area contributed by atoms with Crippen LogP contribution in [0.4, 0.5) is 0 Å². The van der Waals surface area contributed by atoms with E-state index in [2.05, 4.69) is 0 Å². The van der Waals surface area contributed by atoms with Crippen molar-refractivity contribution < 1.29 is 9.59 Å². The van der Waals surface area contributed by atoms with E-state index in [-0.39, 0.29) is 42.3 Å². The van der Waals surface area contributed by atoms with E-state index in [1.165, 1.54) is 0 Å². The van der Waals surface area contributed by atoms with Gasteiger partial charge in [-0.05, 0) is 39.0 Å². The third kappa shape index (κ3) is 3.44. The minimum atomic E-state index is -0.253. The van der Waals surface area contributed by atoms with Crippen molar-refractivity contribution >= 4 is 24.2 Å². The van der Waals surface area contributed by atoms with Crippen molar-refractivity contribution in [2.24, 2.45) is 5.73 Å². The Morgan fingerprint density at radius 2 is 1.75 bits per heavy atom. The second-order valence-electron chi connectivity index (χ2n) is 5.82. The molecule has 0 saturated carbocycles. The molecule has 0 spiro atoms. The molecule has 2 amide bonds. The van der Waals surface area contributed by atoms with E-state index < -0.39 is 0 Å². The summed E-state index contributed by atoms with van der Waals surface area (Å²) in [7, 11) is 0. The summed E-state index contributed by atoms with van der Waals surface area (Å²) in [6, 6.07) is -0.121. The lowest BCUT2D eigenvalue weighted by Crippen LogP contribution is -2.56. The van der Waals surface area contributed by atoms with Gasteiger partial charge in [0.25, 0.3) is 0 Å². The predicted molar refractivity (Wildman–Crippen MR) is 80.7 cm³/mol. The normalized spacial score (nSPS) is 27.9. The van der Waals surface area contributed by atoms with Crippen LogP contribution in [0, 0.1) is 0 Å². The van der Waals surface area contributed by atoms with Gasteiger partial charge in [0.2, 0.25) is 11.8 Å². The second kappa shape index (κ2) is 7.27. The van der Waals surface area contributed by atoms with Crippen LogP contribution < -0.4 is 5.73 Å². The van der Waals surface area contributed by atoms with Crippen LogP contribution in [0.3, 0.4) is 0 Å². The molecule has 5 nitrogen and oxygen atoms in total. The Hall–Kier alpha value is -0.810. The van der Waals surface area contributed by atoms with Gasteiger partial charge in [-0.15, -0.1) is 12.4 Å². The van der Waals surface area contributed by atoms with Crippen LogP contribution in [0.2, 0.25) is 0 Å². The standard InChI is InChI=1S/C14H25N3O2.ClH/c1-10(15)12-6-3-4-8-17(12)14(19)13-7-5-9-16(13)11(2)18;/h10,12-13H,3-9,15H2,1-2H3;1H. The molecule has 2 heterocycles. The third-order valence-electron chi connectivity index (χ3n) is 4.38. The van der Waals surface area contributed by atoms with E-state index in [4.69, 9.17) is 5.73 Å². The molecule has 3 unspecified atom stereocenters. The summed E-state index contributed by atoms with van der Waals surface area (Å²) in [6.45, 7) is 5.01. The van der Waals surface area contributed by atoms with Crippen LogP contribution in [0.15, 0.2) is 0 Å². The Bertz CT molecular complexity index is 362. The van der Waals surface area contributed by atoms with E-state index >= 15 is 0 Å². The zero-order chi connectivity index (χ0) is 14.0. The highest BCUT2D eigenvalue weighted by molar-refractivity contribution is 5.87. The SMILES string of the molecule is CC(=O)N1CCCC1C(=O)N1CCCCC1C(C)N.Cl. The van der Waals surface area contributed by atoms with Gasteiger partial charge in [0, 0.05) is 32.1 Å². The molecule has 2 aliphatic heterocycles. The van der Waals surface area contributed by atoms with Crippen molar-refractivity contribution in [2.75, 3.05) is 13.1 Å². The summed E-state index contributed by atoms with van der Waals surface area (Å²) in [5.74, 6) is 0.111. The monoisotopic (exact) mass is 303 g/mol. The highest BCUT2D eigenvalue weighted by Crippen LogP contribution is 2.25. The van der Waals surface area contributed by atoms with Gasteiger partial charge >= 0.3 is 0 Å². The topological polar surface area (TPSA) is 66.6 Å². The average Bonchev–Trinajstić information content (AvgIpc) is 2.87. The number of hydrogen-bond acceptors (Lipinski definition) is 3. The first-order valence-corrected chi connectivity index (χ1v) is 7.35. The fourth-order valence-electron chi connectivity index (χ4n) is 3.37. The van der Waals surface area contributed by atoms with Crippen LogP contribution in [0.5, 0.6) is 0 Å². The molecule has 0 aromatic carbocycles. The number of carbonyl (C=O) groups excluding carboxylic acids is 2. The van der Waals surface area contributed by atoms with Gasteiger partial charge in [0.05, 0.1) is 0 Å². The third-order valence-corrected chi connectivity index (χ3v) is 4.38. The van der Waals surface area contributed by atoms with Crippen LogP contribution in [-0.2, 0) is 9.59 Å². The van der Waals surface area contributed by atoms with E-state index in [1.807, 2.05) is 11.8 Å². The average molecular weight is 304 g/mol. The number of piperidine rings is 1. The van der Waals surface area contributed by atoms with Crippen molar-refractivity contribution in [1.29, 1.82) is 0 Å². The summed E-state index contributed by atoms with van der Waals surface area (Å²) < 4.78 is 0. The Kier molecular flexibility index (Phi) is 6.27. The zero-order valence-electron chi connectivity index (χ0n) is 12.4. The first-order chi connectivity index (χ1) is 9.02. The Morgan fingerprint density at radius 1 is 1.10 bits per heavy atom. The van der Waals surface area contributed by atoms with Gasteiger partial charge in [0.1, 0.15) is 6.04 Å². The number of nitrogens with two attached hydrogens (primary N) is 1. The summed E-state index contributed by atoms with van der Waals surface area (Å²) in [5, 5.41) is 0. The summed E-state index contributed by atoms with van der Waals surface area (Å²) in [4.78, 5) is 27.9. The number of nitrogens with zero attached hydrogens (tertiary/aromatic N) is 2.